The Balaban J connectivity index is 1.75. The Morgan fingerprint density at radius 2 is 1.57 bits per heavy atom. The number of benzene rings is 3. The summed E-state index contributed by atoms with van der Waals surface area (Å²) in [5.74, 6) is 0.947. The third kappa shape index (κ3) is 3.00. The van der Waals surface area contributed by atoms with Crippen LogP contribution in [0.15, 0.2) is 73.1 Å². The van der Waals surface area contributed by atoms with Gasteiger partial charge in [0.05, 0.1) is 13.7 Å². The average molecular weight is 398 g/mol. The molecule has 4 N–H and O–H groups in total. The number of hydrogen-bond acceptors (Lipinski definition) is 3. The van der Waals surface area contributed by atoms with E-state index in [0.717, 1.165) is 49.8 Å². The van der Waals surface area contributed by atoms with Crippen LogP contribution in [0.5, 0.6) is 11.5 Å². The van der Waals surface area contributed by atoms with Gasteiger partial charge in [-0.2, -0.15) is 0 Å². The SMILES string of the molecule is COc1ccc2c(C(c3cccc(O)c3)c3c[nH]c4cc(CO)ccc34)c[nH]c2c1. The minimum atomic E-state index is -0.0898. The molecule has 5 heteroatoms. The van der Waals surface area contributed by atoms with Crippen molar-refractivity contribution in [2.75, 3.05) is 7.11 Å². The molecule has 5 rings (SSSR count). The quantitative estimate of drug-likeness (QED) is 0.335. The van der Waals surface area contributed by atoms with Crippen LogP contribution in [0.2, 0.25) is 0 Å². The van der Waals surface area contributed by atoms with Gasteiger partial charge in [0.1, 0.15) is 11.5 Å². The van der Waals surface area contributed by atoms with E-state index in [1.54, 1.807) is 13.2 Å². The number of nitrogens with one attached hydrogen (secondary N) is 2. The second kappa shape index (κ2) is 7.28. The van der Waals surface area contributed by atoms with Gasteiger partial charge in [0.2, 0.25) is 0 Å². The Labute approximate surface area is 173 Å². The Morgan fingerprint density at radius 3 is 2.23 bits per heavy atom. The molecule has 2 heterocycles. The molecule has 2 aromatic heterocycles. The summed E-state index contributed by atoms with van der Waals surface area (Å²) in [6.07, 6.45) is 4.04. The van der Waals surface area contributed by atoms with Crippen LogP contribution in [0.4, 0.5) is 0 Å². The molecule has 0 fully saturated rings. The Morgan fingerprint density at radius 1 is 0.867 bits per heavy atom. The predicted molar refractivity (Wildman–Crippen MR) is 118 cm³/mol. The van der Waals surface area contributed by atoms with Crippen LogP contribution in [0.1, 0.15) is 28.2 Å². The average Bonchev–Trinajstić information content (AvgIpc) is 3.38. The minimum absolute atomic E-state index is 0.00452. The largest absolute Gasteiger partial charge is 0.508 e. The van der Waals surface area contributed by atoms with Gasteiger partial charge in [-0.05, 0) is 52.6 Å². The highest BCUT2D eigenvalue weighted by molar-refractivity contribution is 5.90. The van der Waals surface area contributed by atoms with Gasteiger partial charge in [-0.1, -0.05) is 24.3 Å². The molecule has 0 spiro atoms. The molecule has 0 aliphatic carbocycles. The molecule has 0 saturated carbocycles. The highest BCUT2D eigenvalue weighted by atomic mass is 16.5. The number of aromatic hydroxyl groups is 1. The van der Waals surface area contributed by atoms with Crippen molar-refractivity contribution >= 4 is 21.8 Å². The summed E-state index contributed by atoms with van der Waals surface area (Å²) in [5.41, 5.74) is 6.06. The van der Waals surface area contributed by atoms with E-state index in [4.69, 9.17) is 4.74 Å². The first-order valence-corrected chi connectivity index (χ1v) is 9.82. The number of hydrogen-bond donors (Lipinski definition) is 4. The van der Waals surface area contributed by atoms with Crippen LogP contribution in [0.3, 0.4) is 0 Å². The zero-order valence-electron chi connectivity index (χ0n) is 16.5. The smallest absolute Gasteiger partial charge is 0.120 e. The van der Waals surface area contributed by atoms with Crippen molar-refractivity contribution in [3.8, 4) is 11.5 Å². The number of fused-ring (bicyclic) bond motifs is 2. The van der Waals surface area contributed by atoms with E-state index in [1.807, 2.05) is 60.9 Å². The number of aromatic nitrogens is 2. The van der Waals surface area contributed by atoms with Crippen molar-refractivity contribution in [3.63, 3.8) is 0 Å². The van der Waals surface area contributed by atoms with Gasteiger partial charge in [-0.3, -0.25) is 0 Å². The lowest BCUT2D eigenvalue weighted by Gasteiger charge is -2.18. The Bertz CT molecular complexity index is 1270. The third-order valence-electron chi connectivity index (χ3n) is 5.71. The number of aromatic amines is 2. The lowest BCUT2D eigenvalue weighted by molar-refractivity contribution is 0.282. The third-order valence-corrected chi connectivity index (χ3v) is 5.71. The minimum Gasteiger partial charge on any atom is -0.508 e. The second-order valence-corrected chi connectivity index (χ2v) is 7.47. The summed E-state index contributed by atoms with van der Waals surface area (Å²) in [5, 5.41) is 21.8. The second-order valence-electron chi connectivity index (χ2n) is 7.47. The summed E-state index contributed by atoms with van der Waals surface area (Å²) in [6, 6.07) is 19.4. The van der Waals surface area contributed by atoms with Crippen molar-refractivity contribution in [2.24, 2.45) is 0 Å². The maximum absolute atomic E-state index is 10.2. The lowest BCUT2D eigenvalue weighted by Crippen LogP contribution is -2.02. The molecule has 3 aromatic carbocycles. The molecule has 0 saturated heterocycles. The van der Waals surface area contributed by atoms with Gasteiger partial charge < -0.3 is 24.9 Å². The zero-order valence-corrected chi connectivity index (χ0v) is 16.5. The van der Waals surface area contributed by atoms with Crippen molar-refractivity contribution in [2.45, 2.75) is 12.5 Å². The van der Waals surface area contributed by atoms with E-state index in [1.165, 1.54) is 0 Å². The number of methoxy groups -OCH3 is 1. The molecule has 0 bridgehead atoms. The number of aliphatic hydroxyl groups excluding tert-OH is 1. The highest BCUT2D eigenvalue weighted by Gasteiger charge is 2.23. The fourth-order valence-electron chi connectivity index (χ4n) is 4.26. The molecule has 0 aliphatic rings. The van der Waals surface area contributed by atoms with E-state index < -0.39 is 0 Å². The van der Waals surface area contributed by atoms with Crippen LogP contribution in [-0.4, -0.2) is 27.3 Å². The Kier molecular flexibility index (Phi) is 4.45. The summed E-state index contributed by atoms with van der Waals surface area (Å²) in [6.45, 7) is 0.00452. The standard InChI is InChI=1S/C25H22N2O3/c1-30-18-6-8-20-22(13-27-24(20)11-18)25(16-3-2-4-17(29)10-16)21-12-26-23-9-15(14-28)5-7-19(21)23/h2-13,25-29H,14H2,1H3. The lowest BCUT2D eigenvalue weighted by atomic mass is 9.84. The van der Waals surface area contributed by atoms with Gasteiger partial charge in [0.15, 0.2) is 0 Å². The molecule has 30 heavy (non-hydrogen) atoms. The molecule has 0 radical (unpaired) electrons. The normalized spacial score (nSPS) is 12.5. The number of aliphatic hydroxyl groups is 1. The van der Waals surface area contributed by atoms with E-state index in [0.29, 0.717) is 0 Å². The van der Waals surface area contributed by atoms with Crippen molar-refractivity contribution in [3.05, 3.63) is 95.3 Å². The van der Waals surface area contributed by atoms with Gasteiger partial charge in [-0.15, -0.1) is 0 Å². The maximum Gasteiger partial charge on any atom is 0.120 e. The summed E-state index contributed by atoms with van der Waals surface area (Å²) in [7, 11) is 1.66. The van der Waals surface area contributed by atoms with Gasteiger partial charge in [0, 0.05) is 46.2 Å². The van der Waals surface area contributed by atoms with Gasteiger partial charge in [-0.25, -0.2) is 0 Å². The van der Waals surface area contributed by atoms with Gasteiger partial charge >= 0.3 is 0 Å². The molecule has 0 amide bonds. The number of phenols is 1. The van der Waals surface area contributed by atoms with Crippen LogP contribution in [0.25, 0.3) is 21.8 Å². The molecule has 1 atom stereocenters. The first kappa shape index (κ1) is 18.3. The number of ether oxygens (including phenoxy) is 1. The van der Waals surface area contributed by atoms with Crippen molar-refractivity contribution in [1.82, 2.24) is 9.97 Å². The van der Waals surface area contributed by atoms with Crippen LogP contribution in [0, 0.1) is 0 Å². The zero-order chi connectivity index (χ0) is 20.7. The summed E-state index contributed by atoms with van der Waals surface area (Å²) < 4.78 is 5.37. The van der Waals surface area contributed by atoms with Crippen LogP contribution in [-0.2, 0) is 6.61 Å². The van der Waals surface area contributed by atoms with Crippen molar-refractivity contribution in [1.29, 1.82) is 0 Å². The molecule has 1 unspecified atom stereocenters. The van der Waals surface area contributed by atoms with E-state index in [-0.39, 0.29) is 18.3 Å². The first-order valence-electron chi connectivity index (χ1n) is 9.82. The monoisotopic (exact) mass is 398 g/mol. The fourth-order valence-corrected chi connectivity index (χ4v) is 4.26. The number of H-pyrrole nitrogens is 2. The van der Waals surface area contributed by atoms with E-state index >= 15 is 0 Å². The predicted octanol–water partition coefficient (Wildman–Crippen LogP) is 5.04. The Hall–Kier alpha value is -3.70. The van der Waals surface area contributed by atoms with E-state index in [2.05, 4.69) is 16.0 Å². The number of phenolic OH excluding ortho intramolecular Hbond substituents is 1. The topological polar surface area (TPSA) is 81.3 Å². The van der Waals surface area contributed by atoms with Crippen LogP contribution >= 0.6 is 0 Å². The number of rotatable bonds is 5. The summed E-state index contributed by atoms with van der Waals surface area (Å²) >= 11 is 0. The van der Waals surface area contributed by atoms with Crippen molar-refractivity contribution < 1.29 is 14.9 Å². The fraction of sp³-hybridized carbons (Fsp3) is 0.120. The maximum atomic E-state index is 10.2. The summed E-state index contributed by atoms with van der Waals surface area (Å²) in [4.78, 5) is 6.72. The van der Waals surface area contributed by atoms with E-state index in [9.17, 15) is 10.2 Å². The molecule has 0 aliphatic heterocycles. The molecule has 5 nitrogen and oxygen atoms in total. The molecule has 5 aromatic rings. The van der Waals surface area contributed by atoms with Gasteiger partial charge in [0.25, 0.3) is 0 Å². The molecular weight excluding hydrogens is 376 g/mol. The molecular formula is C25H22N2O3. The van der Waals surface area contributed by atoms with Crippen LogP contribution < -0.4 is 4.74 Å². The molecule has 150 valence electrons. The first-order chi connectivity index (χ1) is 14.7. The highest BCUT2D eigenvalue weighted by Crippen LogP contribution is 2.40.